The highest BCUT2D eigenvalue weighted by Crippen LogP contribution is 2.33. The van der Waals surface area contributed by atoms with Gasteiger partial charge in [0.25, 0.3) is 5.91 Å². The van der Waals surface area contributed by atoms with Crippen LogP contribution in [0.4, 0.5) is 4.39 Å². The van der Waals surface area contributed by atoms with Crippen molar-refractivity contribution in [3.8, 4) is 0 Å². The Balaban J connectivity index is 1.54. The molecule has 146 valence electrons. The molecule has 0 saturated heterocycles. The largest absolute Gasteiger partial charge is 0.352 e. The van der Waals surface area contributed by atoms with Crippen LogP contribution in [-0.4, -0.2) is 16.7 Å². The van der Waals surface area contributed by atoms with Crippen molar-refractivity contribution in [2.45, 2.75) is 25.6 Å². The van der Waals surface area contributed by atoms with E-state index in [1.165, 1.54) is 12.1 Å². The molecule has 1 aliphatic heterocycles. The summed E-state index contributed by atoms with van der Waals surface area (Å²) in [6.07, 6.45) is 0.109. The summed E-state index contributed by atoms with van der Waals surface area (Å²) in [6, 6.07) is 22.6. The van der Waals surface area contributed by atoms with Gasteiger partial charge in [-0.1, -0.05) is 60.7 Å². The van der Waals surface area contributed by atoms with E-state index >= 15 is 0 Å². The maximum absolute atomic E-state index is 13.4. The van der Waals surface area contributed by atoms with E-state index < -0.39 is 6.04 Å². The second-order valence-corrected chi connectivity index (χ2v) is 7.12. The van der Waals surface area contributed by atoms with E-state index in [4.69, 9.17) is 0 Å². The first-order chi connectivity index (χ1) is 14.1. The number of nitrogens with zero attached hydrogens (tertiary/aromatic N) is 1. The van der Waals surface area contributed by atoms with Crippen LogP contribution in [0.25, 0.3) is 0 Å². The fraction of sp³-hybridized carbons (Fsp3) is 0.167. The Labute approximate surface area is 169 Å². The van der Waals surface area contributed by atoms with Crippen LogP contribution in [0, 0.1) is 5.82 Å². The van der Waals surface area contributed by atoms with Crippen LogP contribution >= 0.6 is 0 Å². The number of hydrogen-bond donors (Lipinski definition) is 1. The van der Waals surface area contributed by atoms with Gasteiger partial charge in [0.1, 0.15) is 5.82 Å². The van der Waals surface area contributed by atoms with E-state index in [2.05, 4.69) is 5.32 Å². The Morgan fingerprint density at radius 3 is 2.38 bits per heavy atom. The molecule has 0 fully saturated rings. The third-order valence-electron chi connectivity index (χ3n) is 5.19. The number of nitrogens with one attached hydrogen (secondary N) is 1. The Kier molecular flexibility index (Phi) is 5.38. The van der Waals surface area contributed by atoms with Gasteiger partial charge >= 0.3 is 0 Å². The van der Waals surface area contributed by atoms with Gasteiger partial charge < -0.3 is 10.2 Å². The van der Waals surface area contributed by atoms with Crippen LogP contribution in [0.5, 0.6) is 0 Å². The van der Waals surface area contributed by atoms with Crippen LogP contribution in [0.15, 0.2) is 78.9 Å². The van der Waals surface area contributed by atoms with Gasteiger partial charge in [-0.3, -0.25) is 9.59 Å². The van der Waals surface area contributed by atoms with Crippen LogP contribution in [0.2, 0.25) is 0 Å². The molecule has 1 heterocycles. The lowest BCUT2D eigenvalue weighted by Crippen LogP contribution is -2.34. The lowest BCUT2D eigenvalue weighted by atomic mass is 10.0. The molecule has 29 heavy (non-hydrogen) atoms. The van der Waals surface area contributed by atoms with Crippen molar-refractivity contribution in [2.24, 2.45) is 0 Å². The molecule has 4 rings (SSSR count). The third kappa shape index (κ3) is 4.19. The SMILES string of the molecule is O=C(CC(c1ccc(F)cc1)N1Cc2ccccc2C1=O)NCc1ccccc1. The molecule has 0 spiro atoms. The fourth-order valence-corrected chi connectivity index (χ4v) is 3.67. The van der Waals surface area contributed by atoms with Crippen molar-refractivity contribution >= 4 is 11.8 Å². The van der Waals surface area contributed by atoms with Crippen LogP contribution in [0.1, 0.15) is 39.5 Å². The molecular formula is C24H21FN2O2. The summed E-state index contributed by atoms with van der Waals surface area (Å²) in [7, 11) is 0. The average Bonchev–Trinajstić information content (AvgIpc) is 3.08. The lowest BCUT2D eigenvalue weighted by Gasteiger charge is -2.28. The fourth-order valence-electron chi connectivity index (χ4n) is 3.67. The number of benzene rings is 3. The molecule has 1 unspecified atom stereocenters. The molecule has 0 aliphatic carbocycles. The minimum atomic E-state index is -0.466. The van der Waals surface area contributed by atoms with Gasteiger partial charge in [-0.2, -0.15) is 0 Å². The highest BCUT2D eigenvalue weighted by molar-refractivity contribution is 5.98. The Hall–Kier alpha value is -3.47. The standard InChI is InChI=1S/C24H21FN2O2/c25-20-12-10-18(11-13-20)22(14-23(28)26-15-17-6-2-1-3-7-17)27-16-19-8-4-5-9-21(19)24(27)29/h1-13,22H,14-16H2,(H,26,28). The Morgan fingerprint density at radius 1 is 0.966 bits per heavy atom. The molecule has 1 atom stereocenters. The summed E-state index contributed by atoms with van der Waals surface area (Å²) in [5, 5.41) is 2.92. The number of rotatable bonds is 6. The molecule has 0 bridgehead atoms. The number of hydrogen-bond acceptors (Lipinski definition) is 2. The zero-order valence-corrected chi connectivity index (χ0v) is 15.8. The smallest absolute Gasteiger partial charge is 0.255 e. The first-order valence-corrected chi connectivity index (χ1v) is 9.57. The average molecular weight is 388 g/mol. The molecule has 0 aromatic heterocycles. The second-order valence-electron chi connectivity index (χ2n) is 7.12. The van der Waals surface area contributed by atoms with Crippen molar-refractivity contribution in [1.82, 2.24) is 10.2 Å². The molecule has 0 saturated carbocycles. The van der Waals surface area contributed by atoms with E-state index in [0.717, 1.165) is 16.7 Å². The predicted octanol–water partition coefficient (Wildman–Crippen LogP) is 4.23. The monoisotopic (exact) mass is 388 g/mol. The second kappa shape index (κ2) is 8.27. The minimum absolute atomic E-state index is 0.106. The number of carbonyl (C=O) groups excluding carboxylic acids is 2. The van der Waals surface area contributed by atoms with Gasteiger partial charge in [0.2, 0.25) is 5.91 Å². The lowest BCUT2D eigenvalue weighted by molar-refractivity contribution is -0.122. The van der Waals surface area contributed by atoms with Crippen LogP contribution < -0.4 is 5.32 Å². The summed E-state index contributed by atoms with van der Waals surface area (Å²) in [6.45, 7) is 0.854. The molecule has 3 aromatic carbocycles. The molecule has 4 nitrogen and oxygen atoms in total. The number of carbonyl (C=O) groups is 2. The van der Waals surface area contributed by atoms with Gasteiger partial charge in [-0.15, -0.1) is 0 Å². The number of amides is 2. The van der Waals surface area contributed by atoms with E-state index in [9.17, 15) is 14.0 Å². The maximum Gasteiger partial charge on any atom is 0.255 e. The van der Waals surface area contributed by atoms with E-state index in [0.29, 0.717) is 18.7 Å². The summed E-state index contributed by atoms with van der Waals surface area (Å²) >= 11 is 0. The van der Waals surface area contributed by atoms with Crippen LogP contribution in [-0.2, 0) is 17.9 Å². The van der Waals surface area contributed by atoms with Gasteiger partial charge in [0.05, 0.1) is 12.5 Å². The summed E-state index contributed by atoms with van der Waals surface area (Å²) in [5.74, 6) is -0.616. The molecule has 1 N–H and O–H groups in total. The van der Waals surface area contributed by atoms with E-state index in [1.807, 2.05) is 48.5 Å². The van der Waals surface area contributed by atoms with Gasteiger partial charge in [0, 0.05) is 18.7 Å². The van der Waals surface area contributed by atoms with Crippen molar-refractivity contribution in [3.05, 3.63) is 107 Å². The van der Waals surface area contributed by atoms with Crippen molar-refractivity contribution < 1.29 is 14.0 Å². The molecule has 0 radical (unpaired) electrons. The van der Waals surface area contributed by atoms with Gasteiger partial charge in [-0.05, 0) is 34.9 Å². The molecule has 3 aromatic rings. The topological polar surface area (TPSA) is 49.4 Å². The highest BCUT2D eigenvalue weighted by Gasteiger charge is 2.34. The minimum Gasteiger partial charge on any atom is -0.352 e. The Bertz CT molecular complexity index is 1020. The zero-order valence-electron chi connectivity index (χ0n) is 15.8. The summed E-state index contributed by atoms with van der Waals surface area (Å²) in [5.41, 5.74) is 3.34. The summed E-state index contributed by atoms with van der Waals surface area (Å²) in [4.78, 5) is 27.3. The molecule has 2 amide bonds. The van der Waals surface area contributed by atoms with Crippen molar-refractivity contribution in [3.63, 3.8) is 0 Å². The van der Waals surface area contributed by atoms with E-state index in [-0.39, 0.29) is 24.1 Å². The molecular weight excluding hydrogens is 367 g/mol. The molecule has 5 heteroatoms. The van der Waals surface area contributed by atoms with Crippen molar-refractivity contribution in [1.29, 1.82) is 0 Å². The predicted molar refractivity (Wildman–Crippen MR) is 108 cm³/mol. The highest BCUT2D eigenvalue weighted by atomic mass is 19.1. The third-order valence-corrected chi connectivity index (χ3v) is 5.19. The van der Waals surface area contributed by atoms with Gasteiger partial charge in [-0.25, -0.2) is 4.39 Å². The number of halogens is 1. The number of fused-ring (bicyclic) bond motifs is 1. The quantitative estimate of drug-likeness (QED) is 0.687. The first kappa shape index (κ1) is 18.9. The zero-order chi connectivity index (χ0) is 20.2. The Morgan fingerprint density at radius 2 is 1.66 bits per heavy atom. The van der Waals surface area contributed by atoms with Crippen molar-refractivity contribution in [2.75, 3.05) is 0 Å². The van der Waals surface area contributed by atoms with Gasteiger partial charge in [0.15, 0.2) is 0 Å². The summed E-state index contributed by atoms with van der Waals surface area (Å²) < 4.78 is 13.4. The maximum atomic E-state index is 13.4. The first-order valence-electron chi connectivity index (χ1n) is 9.57. The van der Waals surface area contributed by atoms with Crippen LogP contribution in [0.3, 0.4) is 0 Å². The molecule has 1 aliphatic rings. The normalized spacial score (nSPS) is 13.8. The van der Waals surface area contributed by atoms with E-state index in [1.54, 1.807) is 23.1 Å².